The van der Waals surface area contributed by atoms with Gasteiger partial charge >= 0.3 is 6.18 Å². The Kier molecular flexibility index (Phi) is 5.11. The third-order valence-corrected chi connectivity index (χ3v) is 4.58. The van der Waals surface area contributed by atoms with Gasteiger partial charge in [-0.25, -0.2) is 19.4 Å². The van der Waals surface area contributed by atoms with E-state index in [1.54, 1.807) is 25.3 Å². The van der Waals surface area contributed by atoms with E-state index in [1.807, 2.05) is 12.1 Å². The summed E-state index contributed by atoms with van der Waals surface area (Å²) in [5.74, 6) is 0.197. The number of nitrogens with zero attached hydrogens (tertiary/aromatic N) is 3. The van der Waals surface area contributed by atoms with Gasteiger partial charge in [0.25, 0.3) is 0 Å². The summed E-state index contributed by atoms with van der Waals surface area (Å²) in [7, 11) is 1.55. The number of nitrogens with one attached hydrogen (secondary N) is 1. The van der Waals surface area contributed by atoms with Crippen molar-refractivity contribution in [3.8, 4) is 5.75 Å². The molecule has 2 heterocycles. The van der Waals surface area contributed by atoms with Gasteiger partial charge in [0.05, 0.1) is 24.2 Å². The lowest BCUT2D eigenvalue weighted by Crippen LogP contribution is -2.22. The Balaban J connectivity index is 1.72. The number of benzene rings is 2. The molecule has 0 amide bonds. The lowest BCUT2D eigenvalue weighted by Gasteiger charge is -2.13. The zero-order valence-electron chi connectivity index (χ0n) is 15.8. The number of hydrogen-bond acceptors (Lipinski definition) is 5. The van der Waals surface area contributed by atoms with Crippen molar-refractivity contribution < 1.29 is 22.3 Å². The molecule has 0 radical (unpaired) electrons. The number of para-hydroxylation sites is 1. The van der Waals surface area contributed by atoms with Gasteiger partial charge in [0.2, 0.25) is 0 Å². The highest BCUT2D eigenvalue weighted by Crippen LogP contribution is 2.34. The number of anilines is 2. The lowest BCUT2D eigenvalue weighted by molar-refractivity contribution is -0.0597. The average molecular weight is 416 g/mol. The van der Waals surface area contributed by atoms with Crippen molar-refractivity contribution in [1.82, 2.24) is 9.97 Å². The molecule has 0 spiro atoms. The topological polar surface area (TPSA) is 59.4 Å². The van der Waals surface area contributed by atoms with Gasteiger partial charge in [0.15, 0.2) is 11.6 Å². The van der Waals surface area contributed by atoms with Crippen LogP contribution in [0.1, 0.15) is 17.0 Å². The van der Waals surface area contributed by atoms with Crippen molar-refractivity contribution in [3.05, 3.63) is 71.3 Å². The summed E-state index contributed by atoms with van der Waals surface area (Å²) >= 11 is 0. The molecule has 1 aliphatic rings. The molecule has 1 aromatic heterocycles. The van der Waals surface area contributed by atoms with E-state index < -0.39 is 24.1 Å². The van der Waals surface area contributed by atoms with E-state index in [0.717, 1.165) is 5.56 Å². The molecule has 5 nitrogen and oxygen atoms in total. The van der Waals surface area contributed by atoms with Gasteiger partial charge in [-0.15, -0.1) is 0 Å². The van der Waals surface area contributed by atoms with Crippen molar-refractivity contribution in [3.63, 3.8) is 0 Å². The minimum atomic E-state index is -4.56. The molecule has 0 atom stereocenters. The number of ether oxygens (including phenoxy) is 1. The maximum Gasteiger partial charge on any atom is 0.429 e. The van der Waals surface area contributed by atoms with Crippen LogP contribution in [0.4, 0.5) is 34.9 Å². The Morgan fingerprint density at radius 1 is 1.03 bits per heavy atom. The summed E-state index contributed by atoms with van der Waals surface area (Å²) < 4.78 is 58.5. The average Bonchev–Trinajstić information content (AvgIpc) is 3.14. The molecular weight excluding hydrogens is 400 g/mol. The number of halogens is 4. The second-order valence-electron chi connectivity index (χ2n) is 6.65. The summed E-state index contributed by atoms with van der Waals surface area (Å²) in [4.78, 5) is 12.2. The smallest absolute Gasteiger partial charge is 0.429 e. The zero-order chi connectivity index (χ0) is 21.3. The highest BCUT2D eigenvalue weighted by atomic mass is 19.4. The Morgan fingerprint density at radius 2 is 1.77 bits per heavy atom. The maximum atomic E-state index is 14.1. The predicted molar refractivity (Wildman–Crippen MR) is 104 cm³/mol. The van der Waals surface area contributed by atoms with Gasteiger partial charge in [-0.2, -0.15) is 13.2 Å². The lowest BCUT2D eigenvalue weighted by atomic mass is 10.1. The van der Waals surface area contributed by atoms with Crippen molar-refractivity contribution in [2.75, 3.05) is 12.4 Å². The molecule has 9 heteroatoms. The van der Waals surface area contributed by atoms with Crippen LogP contribution in [0.5, 0.6) is 5.75 Å². The molecule has 2 aromatic carbocycles. The van der Waals surface area contributed by atoms with Crippen LogP contribution < -0.4 is 10.1 Å². The van der Waals surface area contributed by atoms with Gasteiger partial charge in [-0.3, -0.25) is 0 Å². The van der Waals surface area contributed by atoms with Crippen LogP contribution >= 0.6 is 0 Å². The normalized spacial score (nSPS) is 13.0. The Morgan fingerprint density at radius 3 is 2.43 bits per heavy atom. The first-order valence-electron chi connectivity index (χ1n) is 9.02. The number of hydrogen-bond donors (Lipinski definition) is 1. The van der Waals surface area contributed by atoms with Gasteiger partial charge in [0.1, 0.15) is 17.3 Å². The monoisotopic (exact) mass is 416 g/mol. The second-order valence-corrected chi connectivity index (χ2v) is 6.65. The Bertz CT molecular complexity index is 1110. The van der Waals surface area contributed by atoms with Crippen molar-refractivity contribution in [1.29, 1.82) is 0 Å². The van der Waals surface area contributed by atoms with Crippen molar-refractivity contribution in [2.45, 2.75) is 19.0 Å². The first-order chi connectivity index (χ1) is 14.3. The number of rotatable bonds is 5. The SMILES string of the molecule is COc1ccc(Cc2nc3c(nc2Nc2ccccc2F)N=C(C(F)(F)F)C3)cc1. The van der Waals surface area contributed by atoms with Crippen molar-refractivity contribution in [2.24, 2.45) is 4.99 Å². The Labute approximate surface area is 169 Å². The maximum absolute atomic E-state index is 14.1. The molecule has 1 aliphatic heterocycles. The third kappa shape index (κ3) is 4.10. The number of alkyl halides is 3. The van der Waals surface area contributed by atoms with Crippen LogP contribution in [-0.2, 0) is 12.8 Å². The Hall–Kier alpha value is -3.49. The minimum Gasteiger partial charge on any atom is -0.497 e. The standard InChI is InChI=1S/C21H16F4N4O/c1-30-13-8-6-12(7-9-13)10-16-19(27-15-5-3-2-4-14(15)22)29-20-17(26-16)11-18(28-20)21(23,24)25/h2-9H,10-11H2,1H3,(H,27,29). The molecular formula is C21H16F4N4O. The summed E-state index contributed by atoms with van der Waals surface area (Å²) in [6.07, 6.45) is -4.72. The summed E-state index contributed by atoms with van der Waals surface area (Å²) in [6.45, 7) is 0. The number of aromatic nitrogens is 2. The van der Waals surface area contributed by atoms with E-state index in [-0.39, 0.29) is 29.4 Å². The van der Waals surface area contributed by atoms with E-state index in [1.165, 1.54) is 18.2 Å². The molecule has 4 rings (SSSR count). The van der Waals surface area contributed by atoms with Crippen LogP contribution in [0.15, 0.2) is 53.5 Å². The number of aliphatic imine (C=N–C) groups is 1. The highest BCUT2D eigenvalue weighted by molar-refractivity contribution is 5.96. The van der Waals surface area contributed by atoms with Crippen LogP contribution in [-0.4, -0.2) is 29.0 Å². The zero-order valence-corrected chi connectivity index (χ0v) is 15.8. The number of fused-ring (bicyclic) bond motifs is 1. The molecule has 30 heavy (non-hydrogen) atoms. The van der Waals surface area contributed by atoms with E-state index >= 15 is 0 Å². The molecule has 0 unspecified atom stereocenters. The van der Waals surface area contributed by atoms with E-state index in [0.29, 0.717) is 11.4 Å². The molecule has 0 saturated carbocycles. The van der Waals surface area contributed by atoms with E-state index in [2.05, 4.69) is 20.3 Å². The molecule has 0 bridgehead atoms. The molecule has 0 saturated heterocycles. The van der Waals surface area contributed by atoms with Crippen molar-refractivity contribution >= 4 is 23.0 Å². The van der Waals surface area contributed by atoms with Crippen LogP contribution in [0.3, 0.4) is 0 Å². The molecule has 154 valence electrons. The van der Waals surface area contributed by atoms with Gasteiger partial charge in [-0.1, -0.05) is 24.3 Å². The molecule has 0 fully saturated rings. The van der Waals surface area contributed by atoms with Crippen LogP contribution in [0.25, 0.3) is 0 Å². The first-order valence-corrected chi connectivity index (χ1v) is 9.02. The fourth-order valence-electron chi connectivity index (χ4n) is 3.05. The van der Waals surface area contributed by atoms with Gasteiger partial charge in [-0.05, 0) is 29.8 Å². The summed E-state index contributed by atoms with van der Waals surface area (Å²) in [6, 6.07) is 13.1. The summed E-state index contributed by atoms with van der Waals surface area (Å²) in [5.41, 5.74) is 0.569. The van der Waals surface area contributed by atoms with E-state index in [4.69, 9.17) is 4.74 Å². The minimum absolute atomic E-state index is 0.111. The van der Waals surface area contributed by atoms with E-state index in [9.17, 15) is 17.6 Å². The molecule has 1 N–H and O–H groups in total. The predicted octanol–water partition coefficient (Wildman–Crippen LogP) is 5.15. The quantitative estimate of drug-likeness (QED) is 0.585. The fourth-order valence-corrected chi connectivity index (χ4v) is 3.05. The van der Waals surface area contributed by atoms with Gasteiger partial charge in [0, 0.05) is 12.8 Å². The fraction of sp³-hybridized carbons (Fsp3) is 0.190. The first kappa shape index (κ1) is 19.8. The third-order valence-electron chi connectivity index (χ3n) is 4.58. The highest BCUT2D eigenvalue weighted by Gasteiger charge is 2.40. The number of methoxy groups -OCH3 is 1. The summed E-state index contributed by atoms with van der Waals surface area (Å²) in [5, 5.41) is 2.84. The largest absolute Gasteiger partial charge is 0.497 e. The molecule has 3 aromatic rings. The van der Waals surface area contributed by atoms with Gasteiger partial charge < -0.3 is 10.1 Å². The van der Waals surface area contributed by atoms with Crippen LogP contribution in [0.2, 0.25) is 0 Å². The molecule has 0 aliphatic carbocycles. The van der Waals surface area contributed by atoms with Crippen LogP contribution in [0, 0.1) is 5.82 Å². The second kappa shape index (κ2) is 7.74.